The Labute approximate surface area is 82.7 Å². The van der Waals surface area contributed by atoms with Crippen molar-refractivity contribution in [2.24, 2.45) is 11.8 Å². The van der Waals surface area contributed by atoms with Crippen LogP contribution in [-0.4, -0.2) is 12.0 Å². The minimum Gasteiger partial charge on any atom is -0.379 e. The maximum Gasteiger partial charge on any atom is 0.261 e. The molecule has 5 heteroatoms. The lowest BCUT2D eigenvalue weighted by atomic mass is 10.1. The van der Waals surface area contributed by atoms with Crippen LogP contribution in [-0.2, 0) is 0 Å². The molecule has 0 heterocycles. The Hall–Kier alpha value is -0.840. The van der Waals surface area contributed by atoms with Gasteiger partial charge >= 0.3 is 0 Å². The molecule has 0 bridgehead atoms. The lowest BCUT2D eigenvalue weighted by Crippen LogP contribution is -2.36. The number of rotatable bonds is 5. The minimum absolute atomic E-state index is 0.195. The van der Waals surface area contributed by atoms with Crippen molar-refractivity contribution < 1.29 is 8.78 Å². The molecule has 14 heavy (non-hydrogen) atoms. The molecule has 0 saturated heterocycles. The standard InChI is InChI=1S/C9H17F2N3/c1-6(2)7(14-12)5-13-9(3-4-9)8(10)11/h5-6,8,13-14H,3-4,12H2,1-2H3/b7-5-. The van der Waals surface area contributed by atoms with Crippen molar-refractivity contribution in [3.8, 4) is 0 Å². The third-order valence-electron chi connectivity index (χ3n) is 2.51. The van der Waals surface area contributed by atoms with Crippen LogP contribution in [0, 0.1) is 5.92 Å². The van der Waals surface area contributed by atoms with Crippen molar-refractivity contribution >= 4 is 0 Å². The SMILES string of the molecule is CC(C)/C(=C/NC1(C(F)F)CC1)NN. The second kappa shape index (κ2) is 4.13. The number of allylic oxidation sites excluding steroid dienone is 1. The average molecular weight is 205 g/mol. The highest BCUT2D eigenvalue weighted by Crippen LogP contribution is 2.41. The summed E-state index contributed by atoms with van der Waals surface area (Å²) in [7, 11) is 0. The van der Waals surface area contributed by atoms with Crippen LogP contribution in [0.25, 0.3) is 0 Å². The lowest BCUT2D eigenvalue weighted by molar-refractivity contribution is 0.0924. The molecule has 0 radical (unpaired) electrons. The van der Waals surface area contributed by atoms with Gasteiger partial charge in [0.15, 0.2) is 0 Å². The van der Waals surface area contributed by atoms with E-state index in [9.17, 15) is 8.78 Å². The molecule has 0 aromatic heterocycles. The van der Waals surface area contributed by atoms with E-state index in [1.54, 1.807) is 6.20 Å². The predicted molar refractivity (Wildman–Crippen MR) is 51.3 cm³/mol. The molecule has 0 aliphatic heterocycles. The van der Waals surface area contributed by atoms with Gasteiger partial charge in [-0.25, -0.2) is 8.78 Å². The van der Waals surface area contributed by atoms with Gasteiger partial charge in [0.05, 0.1) is 5.54 Å². The van der Waals surface area contributed by atoms with Gasteiger partial charge in [-0.3, -0.25) is 5.84 Å². The van der Waals surface area contributed by atoms with Crippen LogP contribution < -0.4 is 16.6 Å². The summed E-state index contributed by atoms with van der Waals surface area (Å²) >= 11 is 0. The van der Waals surface area contributed by atoms with Gasteiger partial charge < -0.3 is 10.7 Å². The van der Waals surface area contributed by atoms with Crippen molar-refractivity contribution in [3.05, 3.63) is 11.9 Å². The molecule has 3 nitrogen and oxygen atoms in total. The van der Waals surface area contributed by atoms with Crippen LogP contribution in [0.15, 0.2) is 11.9 Å². The van der Waals surface area contributed by atoms with E-state index in [-0.39, 0.29) is 5.92 Å². The summed E-state index contributed by atoms with van der Waals surface area (Å²) < 4.78 is 25.0. The molecule has 1 fully saturated rings. The zero-order valence-electron chi connectivity index (χ0n) is 8.48. The highest BCUT2D eigenvalue weighted by atomic mass is 19.3. The fraction of sp³-hybridized carbons (Fsp3) is 0.778. The maximum atomic E-state index is 12.5. The summed E-state index contributed by atoms with van der Waals surface area (Å²) in [5.74, 6) is 5.45. The lowest BCUT2D eigenvalue weighted by Gasteiger charge is -2.17. The molecule has 1 aliphatic carbocycles. The van der Waals surface area contributed by atoms with Crippen molar-refractivity contribution in [1.29, 1.82) is 0 Å². The third-order valence-corrected chi connectivity index (χ3v) is 2.51. The normalized spacial score (nSPS) is 20.1. The summed E-state index contributed by atoms with van der Waals surface area (Å²) in [5.41, 5.74) is 2.24. The number of nitrogens with one attached hydrogen (secondary N) is 2. The highest BCUT2D eigenvalue weighted by molar-refractivity contribution is 5.10. The molecule has 82 valence electrons. The first-order valence-corrected chi connectivity index (χ1v) is 4.74. The average Bonchev–Trinajstić information content (AvgIpc) is 2.85. The number of nitrogens with two attached hydrogens (primary N) is 1. The molecule has 1 rings (SSSR count). The van der Waals surface area contributed by atoms with Crippen LogP contribution in [0.2, 0.25) is 0 Å². The van der Waals surface area contributed by atoms with Gasteiger partial charge in [0.1, 0.15) is 0 Å². The van der Waals surface area contributed by atoms with Gasteiger partial charge in [0, 0.05) is 11.9 Å². The smallest absolute Gasteiger partial charge is 0.261 e. The Balaban J connectivity index is 2.52. The topological polar surface area (TPSA) is 50.1 Å². The van der Waals surface area contributed by atoms with Crippen LogP contribution in [0.5, 0.6) is 0 Å². The highest BCUT2D eigenvalue weighted by Gasteiger charge is 2.50. The molecule has 0 amide bonds. The molecule has 0 atom stereocenters. The Kier molecular flexibility index (Phi) is 3.31. The van der Waals surface area contributed by atoms with Crippen LogP contribution >= 0.6 is 0 Å². The Morgan fingerprint density at radius 2 is 2.00 bits per heavy atom. The van der Waals surface area contributed by atoms with Gasteiger partial charge in [-0.2, -0.15) is 0 Å². The predicted octanol–water partition coefficient (Wildman–Crippen LogP) is 1.33. The van der Waals surface area contributed by atoms with Gasteiger partial charge in [-0.1, -0.05) is 13.8 Å². The summed E-state index contributed by atoms with van der Waals surface area (Å²) in [6.07, 6.45) is 0.294. The first kappa shape index (κ1) is 11.2. The van der Waals surface area contributed by atoms with E-state index >= 15 is 0 Å². The number of alkyl halides is 2. The molecular weight excluding hydrogens is 188 g/mol. The van der Waals surface area contributed by atoms with Gasteiger partial charge in [0.25, 0.3) is 6.43 Å². The zero-order chi connectivity index (χ0) is 10.8. The Bertz CT molecular complexity index is 222. The molecule has 0 aromatic carbocycles. The van der Waals surface area contributed by atoms with E-state index in [4.69, 9.17) is 5.84 Å². The van der Waals surface area contributed by atoms with E-state index in [0.717, 1.165) is 5.70 Å². The molecular formula is C9H17F2N3. The number of halogens is 2. The van der Waals surface area contributed by atoms with Crippen molar-refractivity contribution in [2.45, 2.75) is 38.7 Å². The molecule has 1 aliphatic rings. The van der Waals surface area contributed by atoms with E-state index in [1.165, 1.54) is 0 Å². The molecule has 0 unspecified atom stereocenters. The monoisotopic (exact) mass is 205 g/mol. The number of hydrazine groups is 1. The summed E-state index contributed by atoms with van der Waals surface area (Å²) in [6.45, 7) is 3.88. The van der Waals surface area contributed by atoms with E-state index in [1.807, 2.05) is 13.8 Å². The fourth-order valence-electron chi connectivity index (χ4n) is 1.16. The second-order valence-electron chi connectivity index (χ2n) is 4.00. The van der Waals surface area contributed by atoms with E-state index in [2.05, 4.69) is 10.7 Å². The molecule has 0 spiro atoms. The first-order valence-electron chi connectivity index (χ1n) is 4.74. The first-order chi connectivity index (χ1) is 6.52. The van der Waals surface area contributed by atoms with E-state index in [0.29, 0.717) is 12.8 Å². The third kappa shape index (κ3) is 2.35. The van der Waals surface area contributed by atoms with E-state index < -0.39 is 12.0 Å². The minimum atomic E-state index is -2.31. The molecule has 4 N–H and O–H groups in total. The van der Waals surface area contributed by atoms with Crippen molar-refractivity contribution in [3.63, 3.8) is 0 Å². The second-order valence-corrected chi connectivity index (χ2v) is 4.00. The van der Waals surface area contributed by atoms with Gasteiger partial charge in [0.2, 0.25) is 0 Å². The summed E-state index contributed by atoms with van der Waals surface area (Å²) in [4.78, 5) is 0. The maximum absolute atomic E-state index is 12.5. The van der Waals surface area contributed by atoms with Crippen molar-refractivity contribution in [2.75, 3.05) is 0 Å². The van der Waals surface area contributed by atoms with Crippen LogP contribution in [0.4, 0.5) is 8.78 Å². The van der Waals surface area contributed by atoms with Gasteiger partial charge in [-0.15, -0.1) is 0 Å². The Morgan fingerprint density at radius 3 is 2.29 bits per heavy atom. The van der Waals surface area contributed by atoms with Crippen molar-refractivity contribution in [1.82, 2.24) is 10.7 Å². The molecule has 0 aromatic rings. The summed E-state index contributed by atoms with van der Waals surface area (Å²) in [6, 6.07) is 0. The summed E-state index contributed by atoms with van der Waals surface area (Å²) in [5, 5.41) is 2.75. The van der Waals surface area contributed by atoms with Crippen LogP contribution in [0.1, 0.15) is 26.7 Å². The van der Waals surface area contributed by atoms with Crippen LogP contribution in [0.3, 0.4) is 0 Å². The number of hydrogen-bond acceptors (Lipinski definition) is 3. The number of hydrogen-bond donors (Lipinski definition) is 3. The Morgan fingerprint density at radius 1 is 1.43 bits per heavy atom. The zero-order valence-corrected chi connectivity index (χ0v) is 8.48. The largest absolute Gasteiger partial charge is 0.379 e. The quantitative estimate of drug-likeness (QED) is 0.469. The molecule has 1 saturated carbocycles. The fourth-order valence-corrected chi connectivity index (χ4v) is 1.16. The van der Waals surface area contributed by atoms with Gasteiger partial charge in [-0.05, 0) is 18.8 Å².